The van der Waals surface area contributed by atoms with Crippen molar-refractivity contribution in [2.45, 2.75) is 0 Å². The highest BCUT2D eigenvalue weighted by Crippen LogP contribution is 2.25. The van der Waals surface area contributed by atoms with Crippen molar-refractivity contribution in [1.82, 2.24) is 19.7 Å². The molecule has 0 aromatic carbocycles. The van der Waals surface area contributed by atoms with Gasteiger partial charge in [-0.3, -0.25) is 4.68 Å². The van der Waals surface area contributed by atoms with Crippen LogP contribution in [0.25, 0.3) is 11.3 Å². The Morgan fingerprint density at radius 2 is 2.21 bits per heavy atom. The maximum atomic E-state index is 5.15. The average molecular weight is 190 g/mol. The summed E-state index contributed by atoms with van der Waals surface area (Å²) in [4.78, 5) is 8.03. The van der Waals surface area contributed by atoms with Gasteiger partial charge in [-0.15, -0.1) is 0 Å². The molecule has 0 unspecified atom stereocenters. The van der Waals surface area contributed by atoms with Crippen LogP contribution in [0.3, 0.4) is 0 Å². The first-order valence-electron chi connectivity index (χ1n) is 4.14. The normalized spacial score (nSPS) is 10.1. The number of nitrogens with zero attached hydrogens (tertiary/aromatic N) is 4. The third-order valence-electron chi connectivity index (χ3n) is 1.88. The standard InChI is InChI=1S/C9H10N4O/c1-13-5-7(3-12-13)9-8(14-2)4-10-6-11-9/h3-6H,1-2H3. The lowest BCUT2D eigenvalue weighted by Crippen LogP contribution is -1.91. The summed E-state index contributed by atoms with van der Waals surface area (Å²) in [7, 11) is 3.45. The first-order chi connectivity index (χ1) is 6.81. The number of hydrogen-bond acceptors (Lipinski definition) is 4. The molecule has 2 aromatic rings. The summed E-state index contributed by atoms with van der Waals surface area (Å²) in [5.74, 6) is 0.653. The van der Waals surface area contributed by atoms with Gasteiger partial charge < -0.3 is 4.74 Å². The van der Waals surface area contributed by atoms with Crippen LogP contribution in [0.5, 0.6) is 5.75 Å². The van der Waals surface area contributed by atoms with Crippen LogP contribution in [0.4, 0.5) is 0 Å². The van der Waals surface area contributed by atoms with Crippen molar-refractivity contribution in [2.75, 3.05) is 7.11 Å². The van der Waals surface area contributed by atoms with Gasteiger partial charge in [0.25, 0.3) is 0 Å². The van der Waals surface area contributed by atoms with Gasteiger partial charge in [0.15, 0.2) is 5.75 Å². The van der Waals surface area contributed by atoms with Crippen molar-refractivity contribution in [3.8, 4) is 17.0 Å². The molecular weight excluding hydrogens is 180 g/mol. The predicted octanol–water partition coefficient (Wildman–Crippen LogP) is 0.886. The van der Waals surface area contributed by atoms with Crippen molar-refractivity contribution in [3.05, 3.63) is 24.9 Å². The number of aryl methyl sites for hydroxylation is 1. The molecule has 2 heterocycles. The van der Waals surface area contributed by atoms with Gasteiger partial charge in [0.05, 0.1) is 19.5 Å². The maximum Gasteiger partial charge on any atom is 0.163 e. The lowest BCUT2D eigenvalue weighted by Gasteiger charge is -2.02. The summed E-state index contributed by atoms with van der Waals surface area (Å²) in [6, 6.07) is 0. The first kappa shape index (κ1) is 8.68. The van der Waals surface area contributed by atoms with Gasteiger partial charge in [-0.1, -0.05) is 0 Å². The zero-order chi connectivity index (χ0) is 9.97. The van der Waals surface area contributed by atoms with E-state index in [1.807, 2.05) is 13.2 Å². The lowest BCUT2D eigenvalue weighted by molar-refractivity contribution is 0.412. The minimum Gasteiger partial charge on any atom is -0.493 e. The molecule has 5 nitrogen and oxygen atoms in total. The molecule has 0 bridgehead atoms. The summed E-state index contributed by atoms with van der Waals surface area (Å²) < 4.78 is 6.87. The van der Waals surface area contributed by atoms with Crippen LogP contribution in [0.15, 0.2) is 24.9 Å². The van der Waals surface area contributed by atoms with E-state index >= 15 is 0 Å². The van der Waals surface area contributed by atoms with Gasteiger partial charge in [-0.05, 0) is 0 Å². The maximum absolute atomic E-state index is 5.15. The molecule has 14 heavy (non-hydrogen) atoms. The van der Waals surface area contributed by atoms with Gasteiger partial charge in [0, 0.05) is 18.8 Å². The molecule has 0 aliphatic rings. The molecule has 0 amide bonds. The lowest BCUT2D eigenvalue weighted by atomic mass is 10.2. The van der Waals surface area contributed by atoms with Gasteiger partial charge in [-0.2, -0.15) is 5.10 Å². The molecule has 5 heteroatoms. The molecular formula is C9H10N4O. The van der Waals surface area contributed by atoms with Gasteiger partial charge >= 0.3 is 0 Å². The monoisotopic (exact) mass is 190 g/mol. The molecule has 0 fully saturated rings. The van der Waals surface area contributed by atoms with E-state index in [4.69, 9.17) is 4.74 Å². The minimum absolute atomic E-state index is 0.653. The highest BCUT2D eigenvalue weighted by molar-refractivity contribution is 5.63. The third kappa shape index (κ3) is 1.44. The molecule has 0 atom stereocenters. The second kappa shape index (κ2) is 3.45. The number of ether oxygens (including phenoxy) is 1. The molecule has 2 rings (SSSR count). The van der Waals surface area contributed by atoms with Crippen molar-refractivity contribution >= 4 is 0 Å². The van der Waals surface area contributed by atoms with E-state index < -0.39 is 0 Å². The van der Waals surface area contributed by atoms with E-state index in [1.54, 1.807) is 24.2 Å². The van der Waals surface area contributed by atoms with Crippen LogP contribution in [0.1, 0.15) is 0 Å². The molecule has 0 spiro atoms. The Bertz CT molecular complexity index is 438. The molecule has 0 saturated heterocycles. The Balaban J connectivity index is 2.50. The second-order valence-corrected chi connectivity index (χ2v) is 2.84. The van der Waals surface area contributed by atoms with Crippen molar-refractivity contribution in [1.29, 1.82) is 0 Å². The van der Waals surface area contributed by atoms with Crippen molar-refractivity contribution in [2.24, 2.45) is 7.05 Å². The molecule has 0 radical (unpaired) electrons. The summed E-state index contributed by atoms with van der Waals surface area (Å²) in [6.07, 6.45) is 6.75. The van der Waals surface area contributed by atoms with Crippen LogP contribution < -0.4 is 4.74 Å². The van der Waals surface area contributed by atoms with Crippen LogP contribution in [-0.4, -0.2) is 26.9 Å². The zero-order valence-electron chi connectivity index (χ0n) is 8.01. The molecule has 0 N–H and O–H groups in total. The summed E-state index contributed by atoms with van der Waals surface area (Å²) in [6.45, 7) is 0. The van der Waals surface area contributed by atoms with Crippen LogP contribution in [0.2, 0.25) is 0 Å². The van der Waals surface area contributed by atoms with E-state index in [2.05, 4.69) is 15.1 Å². The topological polar surface area (TPSA) is 52.8 Å². The Hall–Kier alpha value is -1.91. The van der Waals surface area contributed by atoms with Crippen LogP contribution in [-0.2, 0) is 7.05 Å². The number of hydrogen-bond donors (Lipinski definition) is 0. The Kier molecular flexibility index (Phi) is 2.14. The summed E-state index contributed by atoms with van der Waals surface area (Å²) >= 11 is 0. The Labute approximate surface area is 81.4 Å². The largest absolute Gasteiger partial charge is 0.493 e. The van der Waals surface area contributed by atoms with E-state index in [-0.39, 0.29) is 0 Å². The number of methoxy groups -OCH3 is 1. The molecule has 0 aliphatic carbocycles. The first-order valence-corrected chi connectivity index (χ1v) is 4.14. The van der Waals surface area contributed by atoms with E-state index in [0.29, 0.717) is 5.75 Å². The SMILES string of the molecule is COc1cncnc1-c1cnn(C)c1. The van der Waals surface area contributed by atoms with Crippen LogP contribution >= 0.6 is 0 Å². The Morgan fingerprint density at radius 3 is 2.86 bits per heavy atom. The minimum atomic E-state index is 0.653. The predicted molar refractivity (Wildman–Crippen MR) is 50.8 cm³/mol. The number of rotatable bonds is 2. The van der Waals surface area contributed by atoms with Gasteiger partial charge in [0.1, 0.15) is 12.0 Å². The molecule has 72 valence electrons. The van der Waals surface area contributed by atoms with Gasteiger partial charge in [-0.25, -0.2) is 9.97 Å². The fraction of sp³-hybridized carbons (Fsp3) is 0.222. The van der Waals surface area contributed by atoms with E-state index in [1.165, 1.54) is 6.33 Å². The molecule has 0 saturated carbocycles. The number of aromatic nitrogens is 4. The van der Waals surface area contributed by atoms with Crippen LogP contribution in [0, 0.1) is 0 Å². The smallest absolute Gasteiger partial charge is 0.163 e. The third-order valence-corrected chi connectivity index (χ3v) is 1.88. The second-order valence-electron chi connectivity index (χ2n) is 2.84. The quantitative estimate of drug-likeness (QED) is 0.705. The fourth-order valence-corrected chi connectivity index (χ4v) is 1.23. The summed E-state index contributed by atoms with van der Waals surface area (Å²) in [5.41, 5.74) is 1.68. The van der Waals surface area contributed by atoms with E-state index in [9.17, 15) is 0 Å². The highest BCUT2D eigenvalue weighted by Gasteiger charge is 2.08. The summed E-state index contributed by atoms with van der Waals surface area (Å²) in [5, 5.41) is 4.07. The molecule has 0 aliphatic heterocycles. The average Bonchev–Trinajstić information content (AvgIpc) is 2.65. The zero-order valence-corrected chi connectivity index (χ0v) is 8.01. The van der Waals surface area contributed by atoms with Crippen molar-refractivity contribution < 1.29 is 4.74 Å². The van der Waals surface area contributed by atoms with Crippen molar-refractivity contribution in [3.63, 3.8) is 0 Å². The highest BCUT2D eigenvalue weighted by atomic mass is 16.5. The fourth-order valence-electron chi connectivity index (χ4n) is 1.23. The Morgan fingerprint density at radius 1 is 1.36 bits per heavy atom. The van der Waals surface area contributed by atoms with E-state index in [0.717, 1.165) is 11.3 Å². The van der Waals surface area contributed by atoms with Gasteiger partial charge in [0.2, 0.25) is 0 Å². The molecule has 2 aromatic heterocycles.